The maximum atomic E-state index is 10.2. The van der Waals surface area contributed by atoms with Crippen molar-refractivity contribution in [3.05, 3.63) is 28.8 Å². The number of halogens is 1. The quantitative estimate of drug-likeness (QED) is 0.826. The molecular weight excluding hydrogens is 236 g/mol. The van der Waals surface area contributed by atoms with Gasteiger partial charge in [0.2, 0.25) is 0 Å². The number of aliphatic hydroxyl groups is 1. The van der Waals surface area contributed by atoms with Gasteiger partial charge in [-0.25, -0.2) is 0 Å². The summed E-state index contributed by atoms with van der Waals surface area (Å²) in [5.41, 5.74) is 0.861. The molecular formula is C14H21ClO2. The molecule has 1 rings (SSSR count). The second-order valence-corrected chi connectivity index (χ2v) is 4.87. The van der Waals surface area contributed by atoms with E-state index >= 15 is 0 Å². The van der Waals surface area contributed by atoms with Crippen LogP contribution in [-0.4, -0.2) is 12.2 Å². The van der Waals surface area contributed by atoms with Gasteiger partial charge in [0.05, 0.1) is 18.2 Å². The number of unbranched alkanes of at least 4 members (excludes halogenated alkanes) is 1. The van der Waals surface area contributed by atoms with Gasteiger partial charge in [0, 0.05) is 0 Å². The topological polar surface area (TPSA) is 29.5 Å². The average Bonchev–Trinajstić information content (AvgIpc) is 2.34. The molecule has 2 unspecified atom stereocenters. The number of methoxy groups -OCH3 is 1. The van der Waals surface area contributed by atoms with E-state index in [9.17, 15) is 5.11 Å². The summed E-state index contributed by atoms with van der Waals surface area (Å²) in [5.74, 6) is 0.892. The highest BCUT2D eigenvalue weighted by Gasteiger charge is 2.17. The van der Waals surface area contributed by atoms with Crippen molar-refractivity contribution in [1.29, 1.82) is 0 Å². The second kappa shape index (κ2) is 6.87. The molecule has 1 aromatic carbocycles. The highest BCUT2D eigenvalue weighted by molar-refractivity contribution is 6.32. The number of hydrogen-bond acceptors (Lipinski definition) is 2. The third kappa shape index (κ3) is 3.90. The Bertz CT molecular complexity index is 352. The van der Waals surface area contributed by atoms with E-state index in [1.165, 1.54) is 0 Å². The Balaban J connectivity index is 2.74. The first kappa shape index (κ1) is 14.3. The third-order valence-electron chi connectivity index (χ3n) is 3.07. The van der Waals surface area contributed by atoms with Crippen LogP contribution in [0.15, 0.2) is 18.2 Å². The summed E-state index contributed by atoms with van der Waals surface area (Å²) in [7, 11) is 1.58. The zero-order chi connectivity index (χ0) is 12.8. The lowest BCUT2D eigenvalue weighted by Crippen LogP contribution is -2.09. The molecule has 0 saturated carbocycles. The smallest absolute Gasteiger partial charge is 0.137 e. The summed E-state index contributed by atoms with van der Waals surface area (Å²) >= 11 is 6.05. The van der Waals surface area contributed by atoms with Crippen molar-refractivity contribution >= 4 is 11.6 Å². The largest absolute Gasteiger partial charge is 0.495 e. The van der Waals surface area contributed by atoms with Crippen molar-refractivity contribution in [1.82, 2.24) is 0 Å². The molecule has 0 radical (unpaired) electrons. The van der Waals surface area contributed by atoms with Gasteiger partial charge >= 0.3 is 0 Å². The molecule has 0 amide bonds. The summed E-state index contributed by atoms with van der Waals surface area (Å²) in [6.07, 6.45) is 2.87. The molecule has 0 aliphatic rings. The van der Waals surface area contributed by atoms with Crippen LogP contribution in [0.2, 0.25) is 5.02 Å². The zero-order valence-electron chi connectivity index (χ0n) is 10.7. The predicted octanol–water partition coefficient (Wildman–Crippen LogP) is 4.21. The van der Waals surface area contributed by atoms with E-state index in [0.717, 1.165) is 24.8 Å². The zero-order valence-corrected chi connectivity index (χ0v) is 11.5. The molecule has 1 aromatic rings. The summed E-state index contributed by atoms with van der Waals surface area (Å²) < 4.78 is 5.09. The lowest BCUT2D eigenvalue weighted by molar-refractivity contribution is 0.111. The lowest BCUT2D eigenvalue weighted by Gasteiger charge is -2.19. The van der Waals surface area contributed by atoms with Gasteiger partial charge in [0.1, 0.15) is 5.75 Å². The Morgan fingerprint density at radius 3 is 2.65 bits per heavy atom. The van der Waals surface area contributed by atoms with Crippen LogP contribution in [-0.2, 0) is 0 Å². The molecule has 0 aliphatic heterocycles. The van der Waals surface area contributed by atoms with Gasteiger partial charge in [0.15, 0.2) is 0 Å². The first-order chi connectivity index (χ1) is 8.10. The Morgan fingerprint density at radius 2 is 2.12 bits per heavy atom. The fourth-order valence-corrected chi connectivity index (χ4v) is 2.15. The van der Waals surface area contributed by atoms with Gasteiger partial charge < -0.3 is 9.84 Å². The molecule has 0 heterocycles. The lowest BCUT2D eigenvalue weighted by atomic mass is 9.93. The summed E-state index contributed by atoms with van der Waals surface area (Å²) in [5, 5.41) is 10.8. The Kier molecular flexibility index (Phi) is 5.79. The first-order valence-electron chi connectivity index (χ1n) is 6.11. The van der Waals surface area contributed by atoms with Crippen LogP contribution in [0, 0.1) is 5.92 Å². The third-order valence-corrected chi connectivity index (χ3v) is 3.36. The van der Waals surface area contributed by atoms with Gasteiger partial charge in [-0.3, -0.25) is 0 Å². The van der Waals surface area contributed by atoms with E-state index in [-0.39, 0.29) is 5.92 Å². The van der Waals surface area contributed by atoms with Gasteiger partial charge in [-0.2, -0.15) is 0 Å². The molecule has 2 nitrogen and oxygen atoms in total. The van der Waals surface area contributed by atoms with Gasteiger partial charge in [-0.15, -0.1) is 0 Å². The summed E-state index contributed by atoms with van der Waals surface area (Å²) in [6, 6.07) is 5.46. The Morgan fingerprint density at radius 1 is 1.41 bits per heavy atom. The molecule has 0 bridgehead atoms. The number of benzene rings is 1. The predicted molar refractivity (Wildman–Crippen MR) is 71.7 cm³/mol. The fourth-order valence-electron chi connectivity index (χ4n) is 1.88. The molecule has 0 saturated heterocycles. The van der Waals surface area contributed by atoms with E-state index in [1.807, 2.05) is 6.07 Å². The maximum Gasteiger partial charge on any atom is 0.137 e. The van der Waals surface area contributed by atoms with E-state index in [0.29, 0.717) is 10.8 Å². The molecule has 1 N–H and O–H groups in total. The fraction of sp³-hybridized carbons (Fsp3) is 0.571. The van der Waals surface area contributed by atoms with Gasteiger partial charge in [-0.1, -0.05) is 44.4 Å². The molecule has 17 heavy (non-hydrogen) atoms. The standard InChI is InChI=1S/C14H21ClO2/c1-4-5-6-10(2)14(16)11-7-8-13(17-3)12(15)9-11/h7-10,14,16H,4-6H2,1-3H3. The van der Waals surface area contributed by atoms with E-state index in [4.69, 9.17) is 16.3 Å². The second-order valence-electron chi connectivity index (χ2n) is 4.46. The minimum atomic E-state index is -0.454. The SMILES string of the molecule is CCCCC(C)C(O)c1ccc(OC)c(Cl)c1. The van der Waals surface area contributed by atoms with E-state index in [2.05, 4.69) is 13.8 Å². The number of hydrogen-bond donors (Lipinski definition) is 1. The van der Waals surface area contributed by atoms with Crippen molar-refractivity contribution in [3.63, 3.8) is 0 Å². The van der Waals surface area contributed by atoms with Crippen LogP contribution < -0.4 is 4.74 Å². The molecule has 0 spiro atoms. The Labute approximate surface area is 109 Å². The highest BCUT2D eigenvalue weighted by Crippen LogP contribution is 2.31. The summed E-state index contributed by atoms with van der Waals surface area (Å²) in [4.78, 5) is 0. The number of rotatable bonds is 6. The minimum absolute atomic E-state index is 0.249. The van der Waals surface area contributed by atoms with Crippen LogP contribution in [0.5, 0.6) is 5.75 Å². The van der Waals surface area contributed by atoms with Crippen molar-refractivity contribution in [2.45, 2.75) is 39.2 Å². The molecule has 96 valence electrons. The molecule has 0 aliphatic carbocycles. The van der Waals surface area contributed by atoms with Gasteiger partial charge in [0.25, 0.3) is 0 Å². The van der Waals surface area contributed by atoms with Crippen molar-refractivity contribution in [2.75, 3.05) is 7.11 Å². The van der Waals surface area contributed by atoms with Crippen LogP contribution in [0.3, 0.4) is 0 Å². The normalized spacial score (nSPS) is 14.4. The average molecular weight is 257 g/mol. The van der Waals surface area contributed by atoms with Crippen LogP contribution >= 0.6 is 11.6 Å². The van der Waals surface area contributed by atoms with Crippen LogP contribution in [0.1, 0.15) is 44.8 Å². The van der Waals surface area contributed by atoms with Crippen molar-refractivity contribution in [2.24, 2.45) is 5.92 Å². The van der Waals surface area contributed by atoms with Crippen molar-refractivity contribution in [3.8, 4) is 5.75 Å². The maximum absolute atomic E-state index is 10.2. The summed E-state index contributed by atoms with van der Waals surface area (Å²) in [6.45, 7) is 4.22. The van der Waals surface area contributed by atoms with E-state index < -0.39 is 6.10 Å². The monoisotopic (exact) mass is 256 g/mol. The molecule has 0 fully saturated rings. The Hall–Kier alpha value is -0.730. The number of ether oxygens (including phenoxy) is 1. The minimum Gasteiger partial charge on any atom is -0.495 e. The van der Waals surface area contributed by atoms with Crippen LogP contribution in [0.4, 0.5) is 0 Å². The van der Waals surface area contributed by atoms with Crippen LogP contribution in [0.25, 0.3) is 0 Å². The van der Waals surface area contributed by atoms with Gasteiger partial charge in [-0.05, 0) is 30.0 Å². The molecule has 0 aromatic heterocycles. The van der Waals surface area contributed by atoms with Crippen molar-refractivity contribution < 1.29 is 9.84 Å². The molecule has 3 heteroatoms. The molecule has 2 atom stereocenters. The highest BCUT2D eigenvalue weighted by atomic mass is 35.5. The van der Waals surface area contributed by atoms with E-state index in [1.54, 1.807) is 19.2 Å². The number of aliphatic hydroxyl groups excluding tert-OH is 1. The first-order valence-corrected chi connectivity index (χ1v) is 6.49.